The van der Waals surface area contributed by atoms with Gasteiger partial charge in [-0.05, 0) is 13.8 Å². The first-order chi connectivity index (χ1) is 5.20. The molecule has 1 rings (SSSR count). The topological polar surface area (TPSA) is 59.2 Å². The van der Waals surface area contributed by atoms with Crippen molar-refractivity contribution in [3.05, 3.63) is 11.7 Å². The maximum absolute atomic E-state index is 8.84. The lowest BCUT2D eigenvalue weighted by Gasteiger charge is -1.90. The molecule has 0 aliphatic heterocycles. The van der Waals surface area contributed by atoms with Gasteiger partial charge >= 0.3 is 0 Å². The monoisotopic (exact) mass is 158 g/mol. The SMILES string of the molecule is CC.Cc1noc(C(C)O)n1. The van der Waals surface area contributed by atoms with Crippen LogP contribution in [0.1, 0.15) is 38.6 Å². The molecular weight excluding hydrogens is 144 g/mol. The third-order valence-corrected chi connectivity index (χ3v) is 0.901. The van der Waals surface area contributed by atoms with E-state index in [-0.39, 0.29) is 5.89 Å². The summed E-state index contributed by atoms with van der Waals surface area (Å²) in [5.74, 6) is 0.818. The van der Waals surface area contributed by atoms with Gasteiger partial charge in [-0.3, -0.25) is 0 Å². The van der Waals surface area contributed by atoms with Crippen molar-refractivity contribution in [2.45, 2.75) is 33.8 Å². The molecule has 1 aromatic heterocycles. The Morgan fingerprint density at radius 3 is 2.18 bits per heavy atom. The molecule has 4 heteroatoms. The summed E-state index contributed by atoms with van der Waals surface area (Å²) in [5.41, 5.74) is 0. The van der Waals surface area contributed by atoms with Crippen molar-refractivity contribution in [1.82, 2.24) is 10.1 Å². The molecule has 1 heterocycles. The van der Waals surface area contributed by atoms with E-state index in [0.717, 1.165) is 0 Å². The van der Waals surface area contributed by atoms with Gasteiger partial charge in [0, 0.05) is 0 Å². The van der Waals surface area contributed by atoms with E-state index in [1.54, 1.807) is 13.8 Å². The first-order valence-electron chi connectivity index (χ1n) is 3.68. The van der Waals surface area contributed by atoms with E-state index < -0.39 is 6.10 Å². The molecule has 0 saturated heterocycles. The first-order valence-corrected chi connectivity index (χ1v) is 3.68. The average molecular weight is 158 g/mol. The van der Waals surface area contributed by atoms with Crippen LogP contribution in [0.2, 0.25) is 0 Å². The summed E-state index contributed by atoms with van der Waals surface area (Å²) in [4.78, 5) is 3.78. The number of aromatic nitrogens is 2. The molecule has 11 heavy (non-hydrogen) atoms. The highest BCUT2D eigenvalue weighted by molar-refractivity contribution is 4.84. The highest BCUT2D eigenvalue weighted by atomic mass is 16.5. The molecule has 1 unspecified atom stereocenters. The van der Waals surface area contributed by atoms with Gasteiger partial charge < -0.3 is 9.63 Å². The van der Waals surface area contributed by atoms with Gasteiger partial charge in [-0.25, -0.2) is 0 Å². The van der Waals surface area contributed by atoms with Gasteiger partial charge in [0.1, 0.15) is 6.10 Å². The summed E-state index contributed by atoms with van der Waals surface area (Å²) in [7, 11) is 0. The minimum Gasteiger partial charge on any atom is -0.384 e. The smallest absolute Gasteiger partial charge is 0.255 e. The standard InChI is InChI=1S/C5H8N2O2.C2H6/c1-3(8)5-6-4(2)7-9-5;1-2/h3,8H,1-2H3;1-2H3. The van der Waals surface area contributed by atoms with Crippen LogP contribution in [-0.2, 0) is 0 Å². The lowest BCUT2D eigenvalue weighted by atomic mass is 10.4. The molecule has 0 aliphatic carbocycles. The van der Waals surface area contributed by atoms with Gasteiger partial charge in [-0.15, -0.1) is 0 Å². The Hall–Kier alpha value is -0.900. The number of aryl methyl sites for hydroxylation is 1. The van der Waals surface area contributed by atoms with E-state index in [2.05, 4.69) is 14.7 Å². The van der Waals surface area contributed by atoms with Crippen LogP contribution in [0.5, 0.6) is 0 Å². The van der Waals surface area contributed by atoms with Gasteiger partial charge in [0.2, 0.25) is 0 Å². The summed E-state index contributed by atoms with van der Waals surface area (Å²) >= 11 is 0. The first kappa shape index (κ1) is 10.1. The van der Waals surface area contributed by atoms with Crippen LogP contribution in [0.25, 0.3) is 0 Å². The third kappa shape index (κ3) is 3.13. The van der Waals surface area contributed by atoms with Gasteiger partial charge in [-0.1, -0.05) is 19.0 Å². The van der Waals surface area contributed by atoms with E-state index in [1.165, 1.54) is 0 Å². The predicted octanol–water partition coefficient (Wildman–Crippen LogP) is 1.46. The molecule has 0 spiro atoms. The summed E-state index contributed by atoms with van der Waals surface area (Å²) in [6, 6.07) is 0. The maximum Gasteiger partial charge on any atom is 0.255 e. The Labute approximate surface area is 66.2 Å². The van der Waals surface area contributed by atoms with Crippen molar-refractivity contribution in [2.24, 2.45) is 0 Å². The number of aliphatic hydroxyl groups is 1. The largest absolute Gasteiger partial charge is 0.384 e. The second-order valence-electron chi connectivity index (χ2n) is 1.86. The normalized spacial score (nSPS) is 11.7. The molecular formula is C7H14N2O2. The molecule has 64 valence electrons. The quantitative estimate of drug-likeness (QED) is 0.672. The molecule has 1 aromatic rings. The lowest BCUT2D eigenvalue weighted by molar-refractivity contribution is 0.151. The molecule has 1 atom stereocenters. The molecule has 0 amide bonds. The molecule has 0 aromatic carbocycles. The van der Waals surface area contributed by atoms with Crippen molar-refractivity contribution in [2.75, 3.05) is 0 Å². The highest BCUT2D eigenvalue weighted by Gasteiger charge is 2.07. The van der Waals surface area contributed by atoms with Gasteiger partial charge in [0.05, 0.1) is 0 Å². The Morgan fingerprint density at radius 1 is 1.45 bits per heavy atom. The zero-order chi connectivity index (χ0) is 8.85. The summed E-state index contributed by atoms with van der Waals surface area (Å²) in [6.07, 6.45) is -0.661. The van der Waals surface area contributed by atoms with E-state index in [0.29, 0.717) is 5.82 Å². The molecule has 0 saturated carbocycles. The molecule has 0 bridgehead atoms. The van der Waals surface area contributed by atoms with Crippen LogP contribution in [0.15, 0.2) is 4.52 Å². The molecule has 4 nitrogen and oxygen atoms in total. The average Bonchev–Trinajstić information content (AvgIpc) is 2.40. The summed E-state index contributed by atoms with van der Waals surface area (Å²) in [6.45, 7) is 7.28. The minimum absolute atomic E-state index is 0.271. The summed E-state index contributed by atoms with van der Waals surface area (Å²) < 4.78 is 4.61. The van der Waals surface area contributed by atoms with E-state index in [1.807, 2.05) is 13.8 Å². The molecule has 0 fully saturated rings. The summed E-state index contributed by atoms with van der Waals surface area (Å²) in [5, 5.41) is 12.3. The van der Waals surface area contributed by atoms with E-state index in [4.69, 9.17) is 5.11 Å². The Bertz CT molecular complexity index is 196. The maximum atomic E-state index is 8.84. The van der Waals surface area contributed by atoms with Crippen molar-refractivity contribution < 1.29 is 9.63 Å². The predicted molar refractivity (Wildman–Crippen MR) is 41.0 cm³/mol. The number of hydrogen-bond acceptors (Lipinski definition) is 4. The van der Waals surface area contributed by atoms with Crippen molar-refractivity contribution >= 4 is 0 Å². The second-order valence-corrected chi connectivity index (χ2v) is 1.86. The van der Waals surface area contributed by atoms with Crippen molar-refractivity contribution in [1.29, 1.82) is 0 Å². The van der Waals surface area contributed by atoms with Crippen LogP contribution in [0.4, 0.5) is 0 Å². The van der Waals surface area contributed by atoms with E-state index in [9.17, 15) is 0 Å². The minimum atomic E-state index is -0.661. The number of rotatable bonds is 1. The van der Waals surface area contributed by atoms with Crippen LogP contribution in [0.3, 0.4) is 0 Å². The molecule has 0 radical (unpaired) electrons. The Kier molecular flexibility index (Phi) is 4.45. The van der Waals surface area contributed by atoms with Gasteiger partial charge in [0.25, 0.3) is 5.89 Å². The van der Waals surface area contributed by atoms with Gasteiger partial charge in [-0.2, -0.15) is 4.98 Å². The molecule has 0 aliphatic rings. The van der Waals surface area contributed by atoms with Gasteiger partial charge in [0.15, 0.2) is 5.82 Å². The Balaban J connectivity index is 0.000000461. The fraction of sp³-hybridized carbons (Fsp3) is 0.714. The van der Waals surface area contributed by atoms with Crippen molar-refractivity contribution in [3.63, 3.8) is 0 Å². The zero-order valence-electron chi connectivity index (χ0n) is 7.33. The second kappa shape index (κ2) is 4.85. The van der Waals surface area contributed by atoms with Crippen LogP contribution < -0.4 is 0 Å². The Morgan fingerprint density at radius 2 is 2.00 bits per heavy atom. The van der Waals surface area contributed by atoms with E-state index >= 15 is 0 Å². The number of hydrogen-bond donors (Lipinski definition) is 1. The fourth-order valence-corrected chi connectivity index (χ4v) is 0.483. The van der Waals surface area contributed by atoms with Crippen molar-refractivity contribution in [3.8, 4) is 0 Å². The van der Waals surface area contributed by atoms with Crippen LogP contribution in [0, 0.1) is 6.92 Å². The lowest BCUT2D eigenvalue weighted by Crippen LogP contribution is -1.89. The fourth-order valence-electron chi connectivity index (χ4n) is 0.483. The highest BCUT2D eigenvalue weighted by Crippen LogP contribution is 2.06. The zero-order valence-corrected chi connectivity index (χ0v) is 7.33. The number of nitrogens with zero attached hydrogens (tertiary/aromatic N) is 2. The van der Waals surface area contributed by atoms with Crippen LogP contribution in [-0.4, -0.2) is 15.2 Å². The number of aliphatic hydroxyl groups excluding tert-OH is 1. The van der Waals surface area contributed by atoms with Crippen LogP contribution >= 0.6 is 0 Å². The third-order valence-electron chi connectivity index (χ3n) is 0.901. The molecule has 1 N–H and O–H groups in total.